The van der Waals surface area contributed by atoms with E-state index < -0.39 is 65.3 Å². The van der Waals surface area contributed by atoms with Crippen LogP contribution in [0.25, 0.3) is 10.4 Å². The molecule has 33 heavy (non-hydrogen) atoms. The van der Waals surface area contributed by atoms with Crippen molar-refractivity contribution >= 4 is 23.5 Å². The fourth-order valence-electron chi connectivity index (χ4n) is 2.40. The zero-order valence-corrected chi connectivity index (χ0v) is 18.0. The third-order valence-corrected chi connectivity index (χ3v) is 7.39. The molecule has 1 aliphatic heterocycles. The summed E-state index contributed by atoms with van der Waals surface area (Å²) >= 11 is 0. The summed E-state index contributed by atoms with van der Waals surface area (Å²) in [5.41, 5.74) is 2.95. The number of azide groups is 1. The number of alkyl halides is 2. The van der Waals surface area contributed by atoms with E-state index in [2.05, 4.69) is 23.2 Å². The highest BCUT2D eigenvalue weighted by Gasteiger charge is 2.67. The number of phosphoric acid groups is 3. The summed E-state index contributed by atoms with van der Waals surface area (Å²) in [5, 5.41) is 12.8. The molecule has 0 aliphatic carbocycles. The third-order valence-electron chi connectivity index (χ3n) is 3.60. The first-order valence-corrected chi connectivity index (χ1v) is 12.3. The molecule has 2 heterocycles. The Morgan fingerprint density at radius 1 is 1.21 bits per heavy atom. The lowest BCUT2D eigenvalue weighted by Crippen LogP contribution is -2.48. The molecule has 0 amide bonds. The second-order valence-electron chi connectivity index (χ2n) is 5.96. The van der Waals surface area contributed by atoms with E-state index in [4.69, 9.17) is 24.9 Å². The molecular weight excluding hydrogens is 533 g/mol. The summed E-state index contributed by atoms with van der Waals surface area (Å²) in [6.07, 6.45) is -5.43. The molecule has 186 valence electrons. The first kappa shape index (κ1) is 27.4. The molecule has 1 fully saturated rings. The molecule has 19 nitrogen and oxygen atoms in total. The topological polar surface area (TPSA) is 293 Å². The molecule has 0 saturated carbocycles. The molecule has 5 atom stereocenters. The van der Waals surface area contributed by atoms with Gasteiger partial charge in [0.25, 0.3) is 5.56 Å². The minimum Gasteiger partial charge on any atom is -0.383 e. The van der Waals surface area contributed by atoms with Crippen LogP contribution in [0.15, 0.2) is 27.0 Å². The number of ether oxygens (including phenoxy) is 1. The van der Waals surface area contributed by atoms with Crippen LogP contribution < -0.4 is 11.2 Å². The lowest BCUT2D eigenvalue weighted by atomic mass is 10.1. The number of aliphatic hydroxyl groups is 1. The van der Waals surface area contributed by atoms with Crippen LogP contribution in [-0.2, 0) is 31.6 Å². The van der Waals surface area contributed by atoms with E-state index >= 15 is 0 Å². The van der Waals surface area contributed by atoms with Crippen molar-refractivity contribution in [3.05, 3.63) is 43.5 Å². The average molecular weight is 545 g/mol. The zero-order chi connectivity index (χ0) is 25.5. The number of rotatable bonds is 9. The highest BCUT2D eigenvalue weighted by molar-refractivity contribution is 7.66. The van der Waals surface area contributed by atoms with Gasteiger partial charge in [-0.25, -0.2) is 18.5 Å². The summed E-state index contributed by atoms with van der Waals surface area (Å²) in [7, 11) is -17.6. The Labute approximate surface area is 178 Å². The molecule has 1 aromatic rings. The van der Waals surface area contributed by atoms with E-state index in [1.54, 1.807) is 4.98 Å². The average Bonchev–Trinajstić information content (AvgIpc) is 2.79. The smallest absolute Gasteiger partial charge is 0.383 e. The number of aromatic nitrogens is 2. The molecule has 24 heteroatoms. The van der Waals surface area contributed by atoms with Crippen molar-refractivity contribution in [3.63, 3.8) is 0 Å². The van der Waals surface area contributed by atoms with Crippen molar-refractivity contribution in [3.8, 4) is 0 Å². The van der Waals surface area contributed by atoms with Crippen molar-refractivity contribution in [2.24, 2.45) is 5.11 Å². The van der Waals surface area contributed by atoms with Gasteiger partial charge in [-0.15, -0.1) is 0 Å². The van der Waals surface area contributed by atoms with E-state index in [9.17, 15) is 42.1 Å². The molecule has 1 saturated heterocycles. The highest BCUT2D eigenvalue weighted by atomic mass is 31.3. The first-order valence-electron chi connectivity index (χ1n) is 7.74. The monoisotopic (exact) mass is 545 g/mol. The van der Waals surface area contributed by atoms with Crippen molar-refractivity contribution in [2.75, 3.05) is 6.61 Å². The standard InChI is InChI=1S/C9H12F2N5O14P3/c10-9(11)5(18)8(14-15-12,28-6(9)16-2-1-4(17)13-7(16)19)3-27-32(23,24)30-33(25,26)29-31(20,21)22/h1-2,5-6,18H,3H2,(H,23,24)(H,25,26)(H,13,17,19)(H2,20,21,22)/t5-,6-,8-/m1/s1. The second-order valence-corrected chi connectivity index (χ2v) is 10.4. The van der Waals surface area contributed by atoms with E-state index in [0.717, 1.165) is 0 Å². The predicted molar refractivity (Wildman–Crippen MR) is 94.1 cm³/mol. The summed E-state index contributed by atoms with van der Waals surface area (Å²) in [4.78, 5) is 62.1. The number of nitrogens with zero attached hydrogens (tertiary/aromatic N) is 4. The Hall–Kier alpha value is -1.82. The fraction of sp³-hybridized carbons (Fsp3) is 0.556. The van der Waals surface area contributed by atoms with Gasteiger partial charge in [-0.2, -0.15) is 17.4 Å². The maximum Gasteiger partial charge on any atom is 0.490 e. The van der Waals surface area contributed by atoms with Crippen LogP contribution in [0.4, 0.5) is 8.78 Å². The van der Waals surface area contributed by atoms with Crippen LogP contribution >= 0.6 is 23.5 Å². The van der Waals surface area contributed by atoms with Crippen molar-refractivity contribution in [2.45, 2.75) is 24.0 Å². The van der Waals surface area contributed by atoms with Gasteiger partial charge in [-0.1, -0.05) is 5.11 Å². The number of hydrogen-bond acceptors (Lipinski definition) is 11. The molecule has 2 rings (SSSR count). The molecule has 1 aliphatic rings. The van der Waals surface area contributed by atoms with Crippen LogP contribution in [0.1, 0.15) is 6.23 Å². The van der Waals surface area contributed by atoms with Gasteiger partial charge in [-0.05, 0) is 5.53 Å². The molecule has 0 aromatic carbocycles. The summed E-state index contributed by atoms with van der Waals surface area (Å²) in [5.74, 6) is -4.48. The van der Waals surface area contributed by atoms with Crippen molar-refractivity contribution in [1.29, 1.82) is 0 Å². The minimum absolute atomic E-state index is 0.0735. The van der Waals surface area contributed by atoms with E-state index in [1.165, 1.54) is 0 Å². The number of aromatic amines is 1. The summed E-state index contributed by atoms with van der Waals surface area (Å²) in [6.45, 7) is -1.80. The number of aliphatic hydroxyl groups excluding tert-OH is 1. The van der Waals surface area contributed by atoms with Crippen molar-refractivity contribution < 1.29 is 65.0 Å². The Bertz CT molecular complexity index is 1220. The Morgan fingerprint density at radius 2 is 1.82 bits per heavy atom. The van der Waals surface area contributed by atoms with Gasteiger partial charge >= 0.3 is 35.1 Å². The van der Waals surface area contributed by atoms with Gasteiger partial charge in [0.1, 0.15) is 0 Å². The normalized spacial score (nSPS) is 28.5. The van der Waals surface area contributed by atoms with Crippen LogP contribution in [0, 0.1) is 0 Å². The quantitative estimate of drug-likeness (QED) is 0.0979. The summed E-state index contributed by atoms with van der Waals surface area (Å²) < 4.78 is 78.8. The minimum atomic E-state index is -5.98. The fourth-order valence-corrected chi connectivity index (χ4v) is 5.44. The van der Waals surface area contributed by atoms with Gasteiger partial charge in [0.2, 0.25) is 12.0 Å². The number of nitrogens with one attached hydrogen (secondary N) is 1. The molecule has 1 aromatic heterocycles. The molecule has 0 radical (unpaired) electrons. The molecular formula is C9H12F2N5O14P3. The van der Waals surface area contributed by atoms with Crippen LogP contribution in [-0.4, -0.2) is 58.6 Å². The first-order chi connectivity index (χ1) is 14.8. The van der Waals surface area contributed by atoms with Gasteiger partial charge in [0.15, 0.2) is 6.10 Å². The maximum absolute atomic E-state index is 14.6. The van der Waals surface area contributed by atoms with E-state index in [-0.39, 0.29) is 4.57 Å². The molecule has 0 spiro atoms. The van der Waals surface area contributed by atoms with Gasteiger partial charge in [-0.3, -0.25) is 18.9 Å². The molecule has 0 bridgehead atoms. The van der Waals surface area contributed by atoms with Crippen LogP contribution in [0.3, 0.4) is 0 Å². The third kappa shape index (κ3) is 6.40. The Kier molecular flexibility index (Phi) is 7.55. The van der Waals surface area contributed by atoms with E-state index in [1.807, 2.05) is 0 Å². The summed E-state index contributed by atoms with van der Waals surface area (Å²) in [6, 6.07) is 0.618. The Morgan fingerprint density at radius 3 is 2.33 bits per heavy atom. The predicted octanol–water partition coefficient (Wildman–Crippen LogP) is -0.589. The zero-order valence-electron chi connectivity index (χ0n) is 15.3. The van der Waals surface area contributed by atoms with Gasteiger partial charge < -0.3 is 29.4 Å². The van der Waals surface area contributed by atoms with Gasteiger partial charge in [0.05, 0.1) is 6.61 Å². The SMILES string of the molecule is [N-]=[N+]=N[C@]1(COP(=O)(O)OP(=O)(O)OP(=O)(O)O)O[C@@H](n2ccc(=O)[nH]c2=O)C(F)(F)[C@@H]1O. The van der Waals surface area contributed by atoms with Crippen LogP contribution in [0.5, 0.6) is 0 Å². The number of halogens is 2. The lowest BCUT2D eigenvalue weighted by Gasteiger charge is -2.27. The number of hydrogen-bond donors (Lipinski definition) is 6. The van der Waals surface area contributed by atoms with E-state index in [0.29, 0.717) is 12.3 Å². The highest BCUT2D eigenvalue weighted by Crippen LogP contribution is 2.66. The van der Waals surface area contributed by atoms with Gasteiger partial charge in [0, 0.05) is 17.2 Å². The largest absolute Gasteiger partial charge is 0.490 e. The second kappa shape index (κ2) is 9.09. The van der Waals surface area contributed by atoms with Crippen LogP contribution in [0.2, 0.25) is 0 Å². The van der Waals surface area contributed by atoms with Crippen molar-refractivity contribution in [1.82, 2.24) is 9.55 Å². The lowest BCUT2D eigenvalue weighted by molar-refractivity contribution is -0.144. The Balaban J connectivity index is 2.36. The molecule has 6 N–H and O–H groups in total. The number of phosphoric ester groups is 1. The number of H-pyrrole nitrogens is 1. The maximum atomic E-state index is 14.6. The molecule has 2 unspecified atom stereocenters.